The highest BCUT2D eigenvalue weighted by Gasteiger charge is 2.53. The number of benzene rings is 1. The Hall–Kier alpha value is -2.85. The normalized spacial score (nSPS) is 27.8. The van der Waals surface area contributed by atoms with Gasteiger partial charge in [-0.05, 0) is 25.1 Å². The minimum atomic E-state index is -1.61. The number of nitrogens with one attached hydrogen (secondary N) is 1. The molecule has 9 nitrogen and oxygen atoms in total. The summed E-state index contributed by atoms with van der Waals surface area (Å²) in [5.74, 6) is 0. The van der Waals surface area contributed by atoms with Crippen LogP contribution in [0.15, 0.2) is 43.1 Å². The van der Waals surface area contributed by atoms with Crippen LogP contribution in [0.4, 0.5) is 0 Å². The van der Waals surface area contributed by atoms with Gasteiger partial charge in [0, 0.05) is 22.7 Å². The molecule has 1 saturated heterocycles. The first kappa shape index (κ1) is 17.3. The molecule has 0 radical (unpaired) electrons. The Bertz CT molecular complexity index is 1170. The van der Waals surface area contributed by atoms with Crippen molar-refractivity contribution >= 4 is 22.1 Å². The molecule has 3 aromatic heterocycles. The molecule has 0 saturated carbocycles. The summed E-state index contributed by atoms with van der Waals surface area (Å²) in [6, 6.07) is 7.92. The molecular formula is C19H19N5O4. The van der Waals surface area contributed by atoms with Crippen LogP contribution in [0.5, 0.6) is 0 Å². The zero-order valence-corrected chi connectivity index (χ0v) is 15.0. The van der Waals surface area contributed by atoms with Crippen molar-refractivity contribution in [2.45, 2.75) is 31.0 Å². The Labute approximate surface area is 159 Å². The SMILES string of the molecule is C[C@@]1(O)[C@H](O)[C@@H](CO)O[C@H]1n1cnc2c(-c3ccc4[nH]ccc4c3)ncnc21. The number of imidazole rings is 1. The first-order valence-electron chi connectivity index (χ1n) is 8.92. The van der Waals surface area contributed by atoms with Gasteiger partial charge in [-0.3, -0.25) is 4.57 Å². The number of aromatic amines is 1. The number of hydrogen-bond acceptors (Lipinski definition) is 7. The van der Waals surface area contributed by atoms with Crippen LogP contribution in [0.2, 0.25) is 0 Å². The summed E-state index contributed by atoms with van der Waals surface area (Å²) in [6.07, 6.45) is 1.73. The van der Waals surface area contributed by atoms with E-state index in [9.17, 15) is 15.3 Å². The Morgan fingerprint density at radius 3 is 2.89 bits per heavy atom. The quantitative estimate of drug-likeness (QED) is 0.416. The summed E-state index contributed by atoms with van der Waals surface area (Å²) in [6.45, 7) is 1.06. The second-order valence-corrected chi connectivity index (χ2v) is 7.21. The van der Waals surface area contributed by atoms with Crippen molar-refractivity contribution in [1.29, 1.82) is 0 Å². The van der Waals surface area contributed by atoms with E-state index in [1.54, 1.807) is 4.57 Å². The number of aromatic nitrogens is 5. The monoisotopic (exact) mass is 381 g/mol. The molecule has 1 aliphatic rings. The summed E-state index contributed by atoms with van der Waals surface area (Å²) in [7, 11) is 0. The summed E-state index contributed by atoms with van der Waals surface area (Å²) >= 11 is 0. The molecule has 28 heavy (non-hydrogen) atoms. The van der Waals surface area contributed by atoms with E-state index in [1.807, 2.05) is 30.5 Å². The number of rotatable bonds is 3. The van der Waals surface area contributed by atoms with Crippen LogP contribution in [-0.2, 0) is 4.74 Å². The fourth-order valence-electron chi connectivity index (χ4n) is 3.83. The van der Waals surface area contributed by atoms with Crippen LogP contribution in [0.25, 0.3) is 33.3 Å². The minimum Gasteiger partial charge on any atom is -0.394 e. The van der Waals surface area contributed by atoms with E-state index in [1.165, 1.54) is 19.6 Å². The van der Waals surface area contributed by atoms with Crippen molar-refractivity contribution in [2.75, 3.05) is 6.61 Å². The third-order valence-electron chi connectivity index (χ3n) is 5.37. The van der Waals surface area contributed by atoms with E-state index in [4.69, 9.17) is 4.74 Å². The zero-order valence-electron chi connectivity index (χ0n) is 15.0. The largest absolute Gasteiger partial charge is 0.394 e. The van der Waals surface area contributed by atoms with Gasteiger partial charge in [0.15, 0.2) is 11.9 Å². The number of nitrogens with zero attached hydrogens (tertiary/aromatic N) is 4. The number of H-pyrrole nitrogens is 1. The van der Waals surface area contributed by atoms with E-state index < -0.39 is 30.6 Å². The Morgan fingerprint density at radius 2 is 2.11 bits per heavy atom. The number of aliphatic hydroxyl groups excluding tert-OH is 2. The lowest BCUT2D eigenvalue weighted by atomic mass is 9.96. The van der Waals surface area contributed by atoms with Crippen LogP contribution < -0.4 is 0 Å². The molecule has 0 aliphatic carbocycles. The average molecular weight is 381 g/mol. The molecule has 9 heteroatoms. The summed E-state index contributed by atoms with van der Waals surface area (Å²) in [4.78, 5) is 16.3. The first-order valence-corrected chi connectivity index (χ1v) is 8.92. The molecule has 144 valence electrons. The molecule has 4 atom stereocenters. The maximum absolute atomic E-state index is 10.8. The molecule has 0 unspecified atom stereocenters. The van der Waals surface area contributed by atoms with Gasteiger partial charge in [-0.15, -0.1) is 0 Å². The van der Waals surface area contributed by atoms with Gasteiger partial charge >= 0.3 is 0 Å². The van der Waals surface area contributed by atoms with Gasteiger partial charge in [-0.1, -0.05) is 6.07 Å². The molecule has 0 spiro atoms. The van der Waals surface area contributed by atoms with Crippen LogP contribution in [0.3, 0.4) is 0 Å². The predicted molar refractivity (Wildman–Crippen MR) is 100 cm³/mol. The molecule has 5 rings (SSSR count). The number of ether oxygens (including phenoxy) is 1. The highest BCUT2D eigenvalue weighted by Crippen LogP contribution is 2.40. The molecule has 4 aromatic rings. The van der Waals surface area contributed by atoms with Crippen LogP contribution in [0.1, 0.15) is 13.2 Å². The van der Waals surface area contributed by atoms with E-state index in [2.05, 4.69) is 19.9 Å². The van der Waals surface area contributed by atoms with Crippen LogP contribution in [-0.4, -0.2) is 64.2 Å². The van der Waals surface area contributed by atoms with Gasteiger partial charge in [0.05, 0.1) is 12.9 Å². The van der Waals surface area contributed by atoms with Gasteiger partial charge in [-0.25, -0.2) is 15.0 Å². The van der Waals surface area contributed by atoms with Gasteiger partial charge in [-0.2, -0.15) is 0 Å². The lowest BCUT2D eigenvalue weighted by Crippen LogP contribution is -2.44. The lowest BCUT2D eigenvalue weighted by molar-refractivity contribution is -0.0950. The molecular weight excluding hydrogens is 362 g/mol. The van der Waals surface area contributed by atoms with Crippen molar-refractivity contribution in [1.82, 2.24) is 24.5 Å². The van der Waals surface area contributed by atoms with Crippen molar-refractivity contribution in [3.8, 4) is 11.3 Å². The summed E-state index contributed by atoms with van der Waals surface area (Å²) in [5.41, 5.74) is 1.98. The third-order valence-corrected chi connectivity index (χ3v) is 5.37. The van der Waals surface area contributed by atoms with Crippen LogP contribution in [0, 0.1) is 0 Å². The van der Waals surface area contributed by atoms with Gasteiger partial charge in [0.25, 0.3) is 0 Å². The Balaban J connectivity index is 1.63. The predicted octanol–water partition coefficient (Wildman–Crippen LogP) is 0.976. The van der Waals surface area contributed by atoms with Gasteiger partial charge < -0.3 is 25.0 Å². The van der Waals surface area contributed by atoms with Crippen molar-refractivity contribution in [3.05, 3.63) is 43.1 Å². The van der Waals surface area contributed by atoms with E-state index >= 15 is 0 Å². The standard InChI is InChI=1S/C19H19N5O4/c1-19(27)16(26)13(7-25)28-18(19)24-9-23-15-14(21-8-22-17(15)24)11-2-3-12-10(6-11)4-5-20-12/h2-6,8-9,13,16,18,20,25-27H,7H2,1H3/t13-,16-,18-,19-/m1/s1. The summed E-state index contributed by atoms with van der Waals surface area (Å²) < 4.78 is 7.26. The lowest BCUT2D eigenvalue weighted by Gasteiger charge is -2.27. The zero-order chi connectivity index (χ0) is 19.5. The highest BCUT2D eigenvalue weighted by atomic mass is 16.6. The summed E-state index contributed by atoms with van der Waals surface area (Å²) in [5, 5.41) is 31.5. The van der Waals surface area contributed by atoms with Crippen molar-refractivity contribution in [3.63, 3.8) is 0 Å². The Morgan fingerprint density at radius 1 is 1.25 bits per heavy atom. The van der Waals surface area contributed by atoms with Gasteiger partial charge in [0.1, 0.15) is 35.3 Å². The minimum absolute atomic E-state index is 0.405. The molecule has 1 aromatic carbocycles. The van der Waals surface area contributed by atoms with Crippen LogP contribution >= 0.6 is 0 Å². The Kier molecular flexibility index (Phi) is 3.75. The van der Waals surface area contributed by atoms with Crippen molar-refractivity contribution in [2.24, 2.45) is 0 Å². The number of fused-ring (bicyclic) bond motifs is 2. The third kappa shape index (κ3) is 2.38. The van der Waals surface area contributed by atoms with E-state index in [0.29, 0.717) is 16.9 Å². The molecule has 4 heterocycles. The number of hydrogen-bond donors (Lipinski definition) is 4. The molecule has 0 amide bonds. The number of aliphatic hydroxyl groups is 3. The fraction of sp³-hybridized carbons (Fsp3) is 0.316. The molecule has 0 bridgehead atoms. The maximum Gasteiger partial charge on any atom is 0.168 e. The molecule has 4 N–H and O–H groups in total. The smallest absolute Gasteiger partial charge is 0.168 e. The van der Waals surface area contributed by atoms with E-state index in [-0.39, 0.29) is 0 Å². The first-order chi connectivity index (χ1) is 13.5. The topological polar surface area (TPSA) is 129 Å². The second-order valence-electron chi connectivity index (χ2n) is 7.21. The van der Waals surface area contributed by atoms with Gasteiger partial charge in [0.2, 0.25) is 0 Å². The van der Waals surface area contributed by atoms with E-state index in [0.717, 1.165) is 16.5 Å². The fourth-order valence-corrected chi connectivity index (χ4v) is 3.83. The second kappa shape index (κ2) is 6.08. The molecule has 1 aliphatic heterocycles. The average Bonchev–Trinajstić information content (AvgIpc) is 3.38. The highest BCUT2D eigenvalue weighted by molar-refractivity contribution is 5.91. The molecule has 1 fully saturated rings. The van der Waals surface area contributed by atoms with Crippen molar-refractivity contribution < 1.29 is 20.1 Å². The maximum atomic E-state index is 10.8.